The molecule has 68 valence electrons. The quantitative estimate of drug-likeness (QED) is 0.800. The van der Waals surface area contributed by atoms with Crippen molar-refractivity contribution in [2.24, 2.45) is 0 Å². The van der Waals surface area contributed by atoms with Crippen LogP contribution in [0.25, 0.3) is 10.6 Å². The fraction of sp³-hybridized carbons (Fsp3) is 0.222. The molecule has 0 radical (unpaired) electrons. The fourth-order valence-corrected chi connectivity index (χ4v) is 3.24. The van der Waals surface area contributed by atoms with Gasteiger partial charge in [-0.1, -0.05) is 6.92 Å². The summed E-state index contributed by atoms with van der Waals surface area (Å²) < 4.78 is 1.14. The third-order valence-corrected chi connectivity index (χ3v) is 4.38. The van der Waals surface area contributed by atoms with Crippen LogP contribution in [0.15, 0.2) is 21.3 Å². The highest BCUT2D eigenvalue weighted by Crippen LogP contribution is 2.30. The first kappa shape index (κ1) is 9.37. The van der Waals surface area contributed by atoms with Crippen LogP contribution in [-0.4, -0.2) is 4.98 Å². The summed E-state index contributed by atoms with van der Waals surface area (Å²) in [5.74, 6) is 0. The van der Waals surface area contributed by atoms with Crippen LogP contribution < -0.4 is 0 Å². The Balaban J connectivity index is 2.35. The first-order valence-corrected chi connectivity index (χ1v) is 6.53. The van der Waals surface area contributed by atoms with E-state index in [9.17, 15) is 0 Å². The van der Waals surface area contributed by atoms with Crippen LogP contribution in [0.1, 0.15) is 11.9 Å². The van der Waals surface area contributed by atoms with Gasteiger partial charge in [0.1, 0.15) is 0 Å². The minimum Gasteiger partial charge on any atom is -0.240 e. The average molecular weight is 274 g/mol. The standard InChI is InChI=1S/C9H8BrNS2/c1-2-9-11-7(5-13-9)8-3-6(10)4-12-8/h3-5H,2H2,1H3. The Morgan fingerprint density at radius 3 is 2.77 bits per heavy atom. The van der Waals surface area contributed by atoms with Crippen LogP contribution in [0, 0.1) is 0 Å². The van der Waals surface area contributed by atoms with E-state index in [4.69, 9.17) is 0 Å². The average Bonchev–Trinajstić information content (AvgIpc) is 2.71. The lowest BCUT2D eigenvalue weighted by Crippen LogP contribution is -1.76. The van der Waals surface area contributed by atoms with E-state index in [1.807, 2.05) is 0 Å². The summed E-state index contributed by atoms with van der Waals surface area (Å²) in [5.41, 5.74) is 1.11. The van der Waals surface area contributed by atoms with Crippen molar-refractivity contribution in [1.29, 1.82) is 0 Å². The molecule has 4 heteroatoms. The first-order valence-electron chi connectivity index (χ1n) is 3.98. The topological polar surface area (TPSA) is 12.9 Å². The van der Waals surface area contributed by atoms with Crippen molar-refractivity contribution in [2.75, 3.05) is 0 Å². The Morgan fingerprint density at radius 2 is 2.23 bits per heavy atom. The summed E-state index contributed by atoms with van der Waals surface area (Å²) in [7, 11) is 0. The van der Waals surface area contributed by atoms with Crippen LogP contribution in [0.3, 0.4) is 0 Å². The van der Waals surface area contributed by atoms with Crippen LogP contribution >= 0.6 is 38.6 Å². The van der Waals surface area contributed by atoms with Crippen molar-refractivity contribution in [3.05, 3.63) is 26.3 Å². The van der Waals surface area contributed by atoms with E-state index in [1.54, 1.807) is 22.7 Å². The lowest BCUT2D eigenvalue weighted by molar-refractivity contribution is 1.10. The normalized spacial score (nSPS) is 10.6. The molecule has 2 aromatic rings. The zero-order valence-electron chi connectivity index (χ0n) is 7.08. The summed E-state index contributed by atoms with van der Waals surface area (Å²) >= 11 is 6.90. The molecule has 0 amide bonds. The zero-order valence-corrected chi connectivity index (χ0v) is 10.3. The molecule has 0 N–H and O–H groups in total. The number of halogens is 1. The molecule has 13 heavy (non-hydrogen) atoms. The van der Waals surface area contributed by atoms with E-state index in [1.165, 1.54) is 9.88 Å². The molecule has 0 saturated carbocycles. The molecule has 0 bridgehead atoms. The lowest BCUT2D eigenvalue weighted by Gasteiger charge is -1.87. The monoisotopic (exact) mass is 273 g/mol. The van der Waals surface area contributed by atoms with Crippen LogP contribution in [0.5, 0.6) is 0 Å². The number of rotatable bonds is 2. The molecule has 0 spiro atoms. The Labute approximate surface area is 93.6 Å². The van der Waals surface area contributed by atoms with E-state index in [0.29, 0.717) is 0 Å². The molecule has 2 aromatic heterocycles. The molecule has 0 aliphatic carbocycles. The van der Waals surface area contributed by atoms with Crippen molar-refractivity contribution in [3.63, 3.8) is 0 Å². The third kappa shape index (κ3) is 2.00. The number of aromatic nitrogens is 1. The van der Waals surface area contributed by atoms with Crippen molar-refractivity contribution in [2.45, 2.75) is 13.3 Å². The molecule has 0 saturated heterocycles. The summed E-state index contributed by atoms with van der Waals surface area (Å²) in [4.78, 5) is 5.76. The molecule has 0 fully saturated rings. The molecule has 0 aromatic carbocycles. The number of thiazole rings is 1. The maximum Gasteiger partial charge on any atom is 0.0930 e. The van der Waals surface area contributed by atoms with E-state index >= 15 is 0 Å². The molecule has 2 rings (SSSR count). The summed E-state index contributed by atoms with van der Waals surface area (Å²) in [5, 5.41) is 5.41. The van der Waals surface area contributed by atoms with Gasteiger partial charge in [0.15, 0.2) is 0 Å². The van der Waals surface area contributed by atoms with Crippen molar-refractivity contribution >= 4 is 38.6 Å². The summed E-state index contributed by atoms with van der Waals surface area (Å²) in [6.07, 6.45) is 1.03. The van der Waals surface area contributed by atoms with Gasteiger partial charge in [0.05, 0.1) is 15.6 Å². The highest BCUT2D eigenvalue weighted by Gasteiger charge is 2.05. The van der Waals surface area contributed by atoms with Crippen molar-refractivity contribution < 1.29 is 0 Å². The molecular weight excluding hydrogens is 266 g/mol. The van der Waals surface area contributed by atoms with Crippen LogP contribution in [0.4, 0.5) is 0 Å². The van der Waals surface area contributed by atoms with E-state index < -0.39 is 0 Å². The van der Waals surface area contributed by atoms with Gasteiger partial charge in [-0.05, 0) is 28.4 Å². The third-order valence-electron chi connectivity index (χ3n) is 1.67. The molecule has 0 unspecified atom stereocenters. The maximum atomic E-state index is 4.52. The van der Waals surface area contributed by atoms with E-state index in [2.05, 4.69) is 44.7 Å². The molecule has 0 aliphatic rings. The van der Waals surface area contributed by atoms with Gasteiger partial charge in [-0.3, -0.25) is 0 Å². The second-order valence-corrected chi connectivity index (χ2v) is 5.38. The van der Waals surface area contributed by atoms with Crippen molar-refractivity contribution in [1.82, 2.24) is 4.98 Å². The number of hydrogen-bond acceptors (Lipinski definition) is 3. The molecular formula is C9H8BrNS2. The minimum atomic E-state index is 1.03. The van der Waals surface area contributed by atoms with E-state index in [-0.39, 0.29) is 0 Å². The summed E-state index contributed by atoms with van der Waals surface area (Å²) in [6.45, 7) is 2.13. The second kappa shape index (κ2) is 3.90. The van der Waals surface area contributed by atoms with Gasteiger partial charge in [0.2, 0.25) is 0 Å². The largest absolute Gasteiger partial charge is 0.240 e. The Hall–Kier alpha value is -0.190. The highest BCUT2D eigenvalue weighted by molar-refractivity contribution is 9.10. The molecule has 1 nitrogen and oxygen atoms in total. The predicted molar refractivity (Wildman–Crippen MR) is 62.5 cm³/mol. The minimum absolute atomic E-state index is 1.03. The Kier molecular flexibility index (Phi) is 2.81. The number of thiophene rings is 1. The Bertz CT molecular complexity index is 405. The van der Waals surface area contributed by atoms with Gasteiger partial charge in [-0.15, -0.1) is 22.7 Å². The fourth-order valence-electron chi connectivity index (χ4n) is 1.03. The predicted octanol–water partition coefficient (Wildman–Crippen LogP) is 4.20. The van der Waals surface area contributed by atoms with Gasteiger partial charge in [-0.25, -0.2) is 4.98 Å². The number of aryl methyl sites for hydroxylation is 1. The highest BCUT2D eigenvalue weighted by atomic mass is 79.9. The van der Waals surface area contributed by atoms with Gasteiger partial charge in [-0.2, -0.15) is 0 Å². The molecule has 2 heterocycles. The Morgan fingerprint density at radius 1 is 1.38 bits per heavy atom. The zero-order chi connectivity index (χ0) is 9.26. The van der Waals surface area contributed by atoms with Gasteiger partial charge in [0, 0.05) is 15.2 Å². The van der Waals surface area contributed by atoms with E-state index in [0.717, 1.165) is 16.6 Å². The maximum absolute atomic E-state index is 4.52. The van der Waals surface area contributed by atoms with Crippen LogP contribution in [0.2, 0.25) is 0 Å². The molecule has 0 atom stereocenters. The van der Waals surface area contributed by atoms with Crippen molar-refractivity contribution in [3.8, 4) is 10.6 Å². The molecule has 0 aliphatic heterocycles. The SMILES string of the molecule is CCc1nc(-c2cc(Br)cs2)cs1. The number of nitrogens with zero attached hydrogens (tertiary/aromatic N) is 1. The smallest absolute Gasteiger partial charge is 0.0930 e. The number of hydrogen-bond donors (Lipinski definition) is 0. The van der Waals surface area contributed by atoms with Gasteiger partial charge < -0.3 is 0 Å². The van der Waals surface area contributed by atoms with Gasteiger partial charge in [0.25, 0.3) is 0 Å². The first-order chi connectivity index (χ1) is 6.29. The summed E-state index contributed by atoms with van der Waals surface area (Å²) in [6, 6.07) is 2.11. The second-order valence-electron chi connectivity index (χ2n) is 2.61. The van der Waals surface area contributed by atoms with Gasteiger partial charge >= 0.3 is 0 Å². The lowest BCUT2D eigenvalue weighted by atomic mass is 10.4. The van der Waals surface area contributed by atoms with Crippen LogP contribution in [-0.2, 0) is 6.42 Å².